The van der Waals surface area contributed by atoms with Crippen LogP contribution in [0.25, 0.3) is 16.7 Å². The molecule has 8 heteroatoms. The van der Waals surface area contributed by atoms with Crippen LogP contribution in [0.15, 0.2) is 58.5 Å². The molecule has 1 unspecified atom stereocenters. The molecule has 0 aliphatic carbocycles. The second-order valence-electron chi connectivity index (χ2n) is 7.64. The predicted molar refractivity (Wildman–Crippen MR) is 121 cm³/mol. The van der Waals surface area contributed by atoms with E-state index >= 15 is 0 Å². The highest BCUT2D eigenvalue weighted by Crippen LogP contribution is 2.26. The largest absolute Gasteiger partial charge is 0.496 e. The number of rotatable bonds is 6. The Morgan fingerprint density at radius 1 is 1.13 bits per heavy atom. The maximum Gasteiger partial charge on any atom is 0.263 e. The standard InChI is InChI=1S/C23H24N4O3S/c1-29-20-12-5-2-8-16(20)14-26-21(28)18-10-3-4-11-19(18)27-22(26)24-25-23(27)31-15-17-9-6-7-13-30-17/h2-5,8,10-12,17H,6-7,9,13-15H2,1H3. The number of methoxy groups -OCH3 is 1. The zero-order chi connectivity index (χ0) is 21.2. The van der Waals surface area contributed by atoms with Crippen LogP contribution < -0.4 is 10.3 Å². The van der Waals surface area contributed by atoms with E-state index in [9.17, 15) is 4.79 Å². The van der Waals surface area contributed by atoms with Crippen molar-refractivity contribution in [2.75, 3.05) is 19.5 Å². The van der Waals surface area contributed by atoms with Crippen molar-refractivity contribution in [3.05, 3.63) is 64.4 Å². The Bertz CT molecular complexity index is 1280. The van der Waals surface area contributed by atoms with Gasteiger partial charge in [-0.1, -0.05) is 42.1 Å². The molecule has 2 aromatic heterocycles. The zero-order valence-electron chi connectivity index (χ0n) is 17.4. The van der Waals surface area contributed by atoms with Gasteiger partial charge in [-0.05, 0) is 37.5 Å². The molecule has 0 amide bonds. The van der Waals surface area contributed by atoms with Crippen LogP contribution in [-0.2, 0) is 11.3 Å². The van der Waals surface area contributed by atoms with Gasteiger partial charge in [0.25, 0.3) is 5.56 Å². The predicted octanol–water partition coefficient (Wildman–Crippen LogP) is 3.76. The topological polar surface area (TPSA) is 70.7 Å². The fourth-order valence-electron chi connectivity index (χ4n) is 4.08. The van der Waals surface area contributed by atoms with Gasteiger partial charge in [0.2, 0.25) is 5.78 Å². The third kappa shape index (κ3) is 3.81. The highest BCUT2D eigenvalue weighted by molar-refractivity contribution is 7.99. The van der Waals surface area contributed by atoms with E-state index in [1.54, 1.807) is 23.4 Å². The second-order valence-corrected chi connectivity index (χ2v) is 8.63. The molecule has 5 rings (SSSR count). The third-order valence-corrected chi connectivity index (χ3v) is 6.73. The summed E-state index contributed by atoms with van der Waals surface area (Å²) in [5.74, 6) is 2.09. The molecule has 1 aliphatic heterocycles. The fourth-order valence-corrected chi connectivity index (χ4v) is 5.09. The first-order chi connectivity index (χ1) is 15.3. The molecule has 7 nitrogen and oxygen atoms in total. The Hall–Kier alpha value is -2.84. The number of ether oxygens (including phenoxy) is 2. The lowest BCUT2D eigenvalue weighted by molar-refractivity contribution is 0.0315. The van der Waals surface area contributed by atoms with E-state index in [0.29, 0.717) is 17.7 Å². The van der Waals surface area contributed by atoms with Crippen LogP contribution in [0.1, 0.15) is 24.8 Å². The maximum absolute atomic E-state index is 13.4. The lowest BCUT2D eigenvalue weighted by Crippen LogP contribution is -2.24. The first-order valence-electron chi connectivity index (χ1n) is 10.5. The van der Waals surface area contributed by atoms with Crippen LogP contribution in [0.2, 0.25) is 0 Å². The summed E-state index contributed by atoms with van der Waals surface area (Å²) in [7, 11) is 1.64. The van der Waals surface area contributed by atoms with Crippen molar-refractivity contribution in [1.29, 1.82) is 0 Å². The minimum atomic E-state index is -0.0893. The lowest BCUT2D eigenvalue weighted by Gasteiger charge is -2.21. The van der Waals surface area contributed by atoms with Crippen LogP contribution in [0.5, 0.6) is 5.75 Å². The van der Waals surface area contributed by atoms with Gasteiger partial charge in [0.15, 0.2) is 5.16 Å². The molecule has 2 aromatic carbocycles. The smallest absolute Gasteiger partial charge is 0.263 e. The van der Waals surface area contributed by atoms with Gasteiger partial charge in [-0.25, -0.2) is 0 Å². The van der Waals surface area contributed by atoms with Crippen LogP contribution in [0.3, 0.4) is 0 Å². The summed E-state index contributed by atoms with van der Waals surface area (Å²) < 4.78 is 15.0. The summed E-state index contributed by atoms with van der Waals surface area (Å²) >= 11 is 1.63. The molecule has 0 N–H and O–H groups in total. The highest BCUT2D eigenvalue weighted by atomic mass is 32.2. The number of hydrogen-bond donors (Lipinski definition) is 0. The molecule has 1 saturated heterocycles. The van der Waals surface area contributed by atoms with E-state index in [-0.39, 0.29) is 11.7 Å². The Labute approximate surface area is 184 Å². The number of thioether (sulfide) groups is 1. The van der Waals surface area contributed by atoms with Crippen molar-refractivity contribution >= 4 is 28.4 Å². The molecular formula is C23H24N4O3S. The quantitative estimate of drug-likeness (QED) is 0.429. The van der Waals surface area contributed by atoms with Gasteiger partial charge in [-0.15, -0.1) is 10.2 Å². The van der Waals surface area contributed by atoms with E-state index in [1.807, 2.05) is 52.9 Å². The SMILES string of the molecule is COc1ccccc1Cn1c(=O)c2ccccc2n2c(SCC3CCCCO3)nnc12. The Kier molecular flexibility index (Phi) is 5.65. The number of nitrogens with zero attached hydrogens (tertiary/aromatic N) is 4. The summed E-state index contributed by atoms with van der Waals surface area (Å²) in [6.07, 6.45) is 3.64. The van der Waals surface area contributed by atoms with Crippen LogP contribution in [-0.4, -0.2) is 44.7 Å². The first-order valence-corrected chi connectivity index (χ1v) is 11.5. The van der Waals surface area contributed by atoms with Crippen molar-refractivity contribution in [3.63, 3.8) is 0 Å². The summed E-state index contributed by atoms with van der Waals surface area (Å²) in [6.45, 7) is 1.18. The Morgan fingerprint density at radius 3 is 2.81 bits per heavy atom. The molecule has 0 saturated carbocycles. The maximum atomic E-state index is 13.4. The molecule has 1 atom stereocenters. The second kappa shape index (κ2) is 8.72. The van der Waals surface area contributed by atoms with E-state index in [4.69, 9.17) is 9.47 Å². The number of fused-ring (bicyclic) bond motifs is 3. The number of para-hydroxylation sites is 2. The molecule has 1 aliphatic rings. The van der Waals surface area contributed by atoms with Gasteiger partial charge in [0.1, 0.15) is 5.75 Å². The van der Waals surface area contributed by atoms with Gasteiger partial charge >= 0.3 is 0 Å². The molecule has 31 heavy (non-hydrogen) atoms. The minimum Gasteiger partial charge on any atom is -0.496 e. The van der Waals surface area contributed by atoms with Crippen molar-refractivity contribution in [2.24, 2.45) is 0 Å². The number of hydrogen-bond acceptors (Lipinski definition) is 6. The summed E-state index contributed by atoms with van der Waals surface area (Å²) in [6, 6.07) is 15.3. The number of aromatic nitrogens is 4. The molecule has 1 fully saturated rings. The monoisotopic (exact) mass is 436 g/mol. The molecule has 3 heterocycles. The molecule has 160 valence electrons. The van der Waals surface area contributed by atoms with Gasteiger partial charge in [0.05, 0.1) is 30.7 Å². The normalized spacial score (nSPS) is 16.7. The minimum absolute atomic E-state index is 0.0893. The van der Waals surface area contributed by atoms with Crippen molar-refractivity contribution in [1.82, 2.24) is 19.2 Å². The molecule has 4 aromatic rings. The Morgan fingerprint density at radius 2 is 1.97 bits per heavy atom. The molecular weight excluding hydrogens is 412 g/mol. The summed E-state index contributed by atoms with van der Waals surface area (Å²) in [5.41, 5.74) is 1.64. The van der Waals surface area contributed by atoms with Gasteiger partial charge in [-0.2, -0.15) is 0 Å². The van der Waals surface area contributed by atoms with Crippen LogP contribution in [0.4, 0.5) is 0 Å². The van der Waals surface area contributed by atoms with E-state index < -0.39 is 0 Å². The van der Waals surface area contributed by atoms with Gasteiger partial charge < -0.3 is 9.47 Å². The van der Waals surface area contributed by atoms with Crippen molar-refractivity contribution in [3.8, 4) is 5.75 Å². The lowest BCUT2D eigenvalue weighted by atomic mass is 10.1. The Balaban J connectivity index is 1.61. The van der Waals surface area contributed by atoms with Gasteiger partial charge in [0, 0.05) is 17.9 Å². The average molecular weight is 437 g/mol. The number of benzene rings is 2. The molecule has 0 spiro atoms. The van der Waals surface area contributed by atoms with Crippen molar-refractivity contribution in [2.45, 2.75) is 37.1 Å². The van der Waals surface area contributed by atoms with E-state index in [0.717, 1.165) is 47.2 Å². The van der Waals surface area contributed by atoms with Gasteiger partial charge in [-0.3, -0.25) is 13.8 Å². The molecule has 0 radical (unpaired) electrons. The summed E-state index contributed by atoms with van der Waals surface area (Å²) in [4.78, 5) is 13.4. The van der Waals surface area contributed by atoms with Crippen molar-refractivity contribution < 1.29 is 9.47 Å². The fraction of sp³-hybridized carbons (Fsp3) is 0.348. The van der Waals surface area contributed by atoms with Crippen LogP contribution >= 0.6 is 11.8 Å². The van der Waals surface area contributed by atoms with E-state index in [2.05, 4.69) is 10.2 Å². The average Bonchev–Trinajstić information content (AvgIpc) is 3.25. The first kappa shape index (κ1) is 20.1. The van der Waals surface area contributed by atoms with E-state index in [1.165, 1.54) is 6.42 Å². The third-order valence-electron chi connectivity index (χ3n) is 5.67. The summed E-state index contributed by atoms with van der Waals surface area (Å²) in [5, 5.41) is 10.3. The zero-order valence-corrected chi connectivity index (χ0v) is 18.2. The molecule has 0 bridgehead atoms. The highest BCUT2D eigenvalue weighted by Gasteiger charge is 2.20. The van der Waals surface area contributed by atoms with Crippen LogP contribution in [0, 0.1) is 0 Å².